The SMILES string of the molecule is C[C@H]1CCN(C2CC2)C2(CCC2)C1. The molecule has 3 aliphatic rings. The van der Waals surface area contributed by atoms with Crippen molar-refractivity contribution >= 4 is 0 Å². The normalized spacial score (nSPS) is 39.0. The van der Waals surface area contributed by atoms with E-state index in [2.05, 4.69) is 11.8 Å². The Bertz CT molecular complexity index is 203. The summed E-state index contributed by atoms with van der Waals surface area (Å²) in [4.78, 5) is 2.89. The van der Waals surface area contributed by atoms with Crippen LogP contribution in [0.5, 0.6) is 0 Å². The van der Waals surface area contributed by atoms with Gasteiger partial charge in [0.1, 0.15) is 0 Å². The van der Waals surface area contributed by atoms with Gasteiger partial charge in [0.05, 0.1) is 0 Å². The second kappa shape index (κ2) is 2.73. The van der Waals surface area contributed by atoms with Gasteiger partial charge in [-0.25, -0.2) is 0 Å². The Morgan fingerprint density at radius 1 is 1.15 bits per heavy atom. The Morgan fingerprint density at radius 3 is 2.46 bits per heavy atom. The Labute approximate surface area is 81.5 Å². The summed E-state index contributed by atoms with van der Waals surface area (Å²) in [6.07, 6.45) is 10.5. The molecule has 2 aliphatic carbocycles. The van der Waals surface area contributed by atoms with E-state index in [9.17, 15) is 0 Å². The van der Waals surface area contributed by atoms with E-state index >= 15 is 0 Å². The molecule has 0 aromatic rings. The maximum Gasteiger partial charge on any atom is 0.0215 e. The third kappa shape index (κ3) is 1.24. The van der Waals surface area contributed by atoms with Gasteiger partial charge in [-0.2, -0.15) is 0 Å². The van der Waals surface area contributed by atoms with Crippen molar-refractivity contribution < 1.29 is 0 Å². The van der Waals surface area contributed by atoms with Gasteiger partial charge in [0, 0.05) is 11.6 Å². The summed E-state index contributed by atoms with van der Waals surface area (Å²) in [7, 11) is 0. The summed E-state index contributed by atoms with van der Waals surface area (Å²) in [6, 6.07) is 1.01. The van der Waals surface area contributed by atoms with Gasteiger partial charge >= 0.3 is 0 Å². The van der Waals surface area contributed by atoms with Gasteiger partial charge < -0.3 is 0 Å². The fourth-order valence-corrected chi connectivity index (χ4v) is 3.50. The van der Waals surface area contributed by atoms with E-state index in [1.807, 2.05) is 0 Å². The van der Waals surface area contributed by atoms with Crippen molar-refractivity contribution in [3.63, 3.8) is 0 Å². The number of piperidine rings is 1. The standard InChI is InChI=1S/C12H21N/c1-10-5-8-13(11-3-4-11)12(9-10)6-2-7-12/h10-11H,2-9H2,1H3/t10-/m0/s1. The molecule has 0 radical (unpaired) electrons. The molecule has 3 rings (SSSR count). The Balaban J connectivity index is 1.77. The maximum absolute atomic E-state index is 2.89. The highest BCUT2D eigenvalue weighted by Gasteiger charge is 2.50. The first-order valence-electron chi connectivity index (χ1n) is 6.07. The number of likely N-dealkylation sites (tertiary alicyclic amines) is 1. The Morgan fingerprint density at radius 2 is 1.92 bits per heavy atom. The van der Waals surface area contributed by atoms with E-state index in [4.69, 9.17) is 0 Å². The van der Waals surface area contributed by atoms with E-state index in [1.54, 1.807) is 0 Å². The van der Waals surface area contributed by atoms with Crippen molar-refractivity contribution in [1.29, 1.82) is 0 Å². The molecule has 1 spiro atoms. The summed E-state index contributed by atoms with van der Waals surface area (Å²) in [6.45, 7) is 3.86. The van der Waals surface area contributed by atoms with Crippen molar-refractivity contribution in [3.05, 3.63) is 0 Å². The molecule has 2 saturated carbocycles. The lowest BCUT2D eigenvalue weighted by Crippen LogP contribution is -2.58. The molecule has 0 bridgehead atoms. The summed E-state index contributed by atoms with van der Waals surface area (Å²) >= 11 is 0. The molecular formula is C12H21N. The molecular weight excluding hydrogens is 158 g/mol. The van der Waals surface area contributed by atoms with Crippen LogP contribution in [-0.4, -0.2) is 23.0 Å². The average molecular weight is 179 g/mol. The molecule has 0 aromatic carbocycles. The molecule has 1 heterocycles. The predicted octanol–water partition coefficient (Wildman–Crippen LogP) is 2.80. The largest absolute Gasteiger partial charge is 0.295 e. The molecule has 0 unspecified atom stereocenters. The molecule has 0 amide bonds. The van der Waals surface area contributed by atoms with Gasteiger partial charge in [0.2, 0.25) is 0 Å². The highest BCUT2D eigenvalue weighted by molar-refractivity contribution is 5.06. The number of hydrogen-bond donors (Lipinski definition) is 0. The summed E-state index contributed by atoms with van der Waals surface area (Å²) in [5.41, 5.74) is 0.707. The maximum atomic E-state index is 2.89. The van der Waals surface area contributed by atoms with E-state index in [-0.39, 0.29) is 0 Å². The molecule has 1 heteroatoms. The molecule has 13 heavy (non-hydrogen) atoms. The second-order valence-corrected chi connectivity index (χ2v) is 5.60. The zero-order chi connectivity index (χ0) is 8.89. The van der Waals surface area contributed by atoms with Gasteiger partial charge in [-0.3, -0.25) is 4.90 Å². The van der Waals surface area contributed by atoms with Crippen LogP contribution < -0.4 is 0 Å². The molecule has 74 valence electrons. The summed E-state index contributed by atoms with van der Waals surface area (Å²) in [5, 5.41) is 0. The van der Waals surface area contributed by atoms with Gasteiger partial charge in [-0.15, -0.1) is 0 Å². The minimum absolute atomic E-state index is 0.707. The Kier molecular flexibility index (Phi) is 1.74. The predicted molar refractivity (Wildman–Crippen MR) is 54.7 cm³/mol. The van der Waals surface area contributed by atoms with Crippen LogP contribution in [0.1, 0.15) is 51.9 Å². The second-order valence-electron chi connectivity index (χ2n) is 5.60. The zero-order valence-corrected chi connectivity index (χ0v) is 8.76. The van der Waals surface area contributed by atoms with Crippen molar-refractivity contribution in [2.45, 2.75) is 63.5 Å². The molecule has 1 aliphatic heterocycles. The van der Waals surface area contributed by atoms with Crippen LogP contribution in [0.2, 0.25) is 0 Å². The monoisotopic (exact) mass is 179 g/mol. The third-order valence-corrected chi connectivity index (χ3v) is 4.47. The highest BCUT2D eigenvalue weighted by Crippen LogP contribution is 2.50. The molecule has 0 N–H and O–H groups in total. The van der Waals surface area contributed by atoms with Crippen molar-refractivity contribution in [2.24, 2.45) is 5.92 Å². The van der Waals surface area contributed by atoms with Gasteiger partial charge in [0.15, 0.2) is 0 Å². The Hall–Kier alpha value is -0.0400. The van der Waals surface area contributed by atoms with E-state index < -0.39 is 0 Å². The van der Waals surface area contributed by atoms with Crippen LogP contribution in [0.25, 0.3) is 0 Å². The molecule has 1 nitrogen and oxygen atoms in total. The van der Waals surface area contributed by atoms with Crippen LogP contribution in [0, 0.1) is 5.92 Å². The quantitative estimate of drug-likeness (QED) is 0.598. The fraction of sp³-hybridized carbons (Fsp3) is 1.00. The van der Waals surface area contributed by atoms with Gasteiger partial charge in [0.25, 0.3) is 0 Å². The van der Waals surface area contributed by atoms with Gasteiger partial charge in [-0.05, 0) is 57.4 Å². The van der Waals surface area contributed by atoms with E-state index in [0.29, 0.717) is 5.54 Å². The van der Waals surface area contributed by atoms with Gasteiger partial charge in [-0.1, -0.05) is 6.92 Å². The molecule has 0 aromatic heterocycles. The number of rotatable bonds is 1. The number of hydrogen-bond acceptors (Lipinski definition) is 1. The van der Waals surface area contributed by atoms with Crippen LogP contribution in [-0.2, 0) is 0 Å². The first-order chi connectivity index (χ1) is 6.30. The minimum atomic E-state index is 0.707. The van der Waals surface area contributed by atoms with Crippen LogP contribution in [0.15, 0.2) is 0 Å². The van der Waals surface area contributed by atoms with Crippen LogP contribution >= 0.6 is 0 Å². The highest BCUT2D eigenvalue weighted by atomic mass is 15.3. The minimum Gasteiger partial charge on any atom is -0.295 e. The number of nitrogens with zero attached hydrogens (tertiary/aromatic N) is 1. The smallest absolute Gasteiger partial charge is 0.0215 e. The lowest BCUT2D eigenvalue weighted by atomic mass is 9.67. The fourth-order valence-electron chi connectivity index (χ4n) is 3.50. The lowest BCUT2D eigenvalue weighted by Gasteiger charge is -2.55. The first kappa shape index (κ1) is 8.28. The molecule has 3 fully saturated rings. The van der Waals surface area contributed by atoms with Crippen LogP contribution in [0.4, 0.5) is 0 Å². The van der Waals surface area contributed by atoms with Crippen molar-refractivity contribution in [1.82, 2.24) is 4.90 Å². The van der Waals surface area contributed by atoms with E-state index in [0.717, 1.165) is 12.0 Å². The average Bonchev–Trinajstić information content (AvgIpc) is 2.84. The molecule has 1 saturated heterocycles. The topological polar surface area (TPSA) is 3.24 Å². The third-order valence-electron chi connectivity index (χ3n) is 4.47. The van der Waals surface area contributed by atoms with Crippen LogP contribution in [0.3, 0.4) is 0 Å². The zero-order valence-electron chi connectivity index (χ0n) is 8.76. The molecule has 1 atom stereocenters. The first-order valence-corrected chi connectivity index (χ1v) is 6.07. The summed E-state index contributed by atoms with van der Waals surface area (Å²) < 4.78 is 0. The van der Waals surface area contributed by atoms with Crippen molar-refractivity contribution in [3.8, 4) is 0 Å². The van der Waals surface area contributed by atoms with Crippen molar-refractivity contribution in [2.75, 3.05) is 6.54 Å². The lowest BCUT2D eigenvalue weighted by molar-refractivity contribution is -0.0405. The van der Waals surface area contributed by atoms with E-state index in [1.165, 1.54) is 51.5 Å². The summed E-state index contributed by atoms with van der Waals surface area (Å²) in [5.74, 6) is 0.996.